The second-order valence-corrected chi connectivity index (χ2v) is 7.75. The molecule has 0 radical (unpaired) electrons. The summed E-state index contributed by atoms with van der Waals surface area (Å²) >= 11 is 3.55. The number of hydrogen-bond acceptors (Lipinski definition) is 5. The number of fused-ring (bicyclic) bond motifs is 1. The van der Waals surface area contributed by atoms with E-state index in [9.17, 15) is 10.0 Å². The van der Waals surface area contributed by atoms with Crippen LogP contribution in [0.4, 0.5) is 5.69 Å². The minimum Gasteiger partial charge on any atom is -0.496 e. The average Bonchev–Trinajstić information content (AvgIpc) is 2.97. The van der Waals surface area contributed by atoms with Gasteiger partial charge in [0.25, 0.3) is 5.91 Å². The van der Waals surface area contributed by atoms with E-state index in [2.05, 4.69) is 26.3 Å². The third kappa shape index (κ3) is 3.38. The second-order valence-electron chi connectivity index (χ2n) is 6.96. The minimum atomic E-state index is -0.700. The Kier molecular flexibility index (Phi) is 5.06. The fourth-order valence-corrected chi connectivity index (χ4v) is 3.84. The molecule has 0 spiro atoms. The Hall–Kier alpha value is -2.84. The van der Waals surface area contributed by atoms with Gasteiger partial charge in [0.05, 0.1) is 35.1 Å². The topological polar surface area (TPSA) is 79.6 Å². The zero-order valence-corrected chi connectivity index (χ0v) is 17.9. The van der Waals surface area contributed by atoms with Crippen LogP contribution in [0.1, 0.15) is 39.0 Å². The van der Waals surface area contributed by atoms with E-state index in [1.165, 1.54) is 0 Å². The number of ether oxygens (including phenoxy) is 1. The maximum Gasteiger partial charge on any atom is 0.281 e. The lowest BCUT2D eigenvalue weighted by Gasteiger charge is -2.33. The maximum atomic E-state index is 12.6. The standard InChI is InChI=1S/C21H21BrN4O3/c1-12-19(22)13(2)25(24-12)11-15-10-14(8-9-18(15)29-3)20-23-17-7-5-4-6-16(17)21(27)26(20)28/h4-10,20,23,28H,11H2,1-3H3/t20-/m1/s1. The van der Waals surface area contributed by atoms with E-state index in [0.717, 1.165) is 32.1 Å². The highest BCUT2D eigenvalue weighted by Crippen LogP contribution is 2.34. The van der Waals surface area contributed by atoms with E-state index in [-0.39, 0.29) is 0 Å². The molecule has 1 aromatic heterocycles. The fourth-order valence-electron chi connectivity index (χ4n) is 3.55. The van der Waals surface area contributed by atoms with Gasteiger partial charge in [-0.25, -0.2) is 0 Å². The van der Waals surface area contributed by atoms with Crippen molar-refractivity contribution in [2.75, 3.05) is 12.4 Å². The van der Waals surface area contributed by atoms with Crippen LogP contribution in [0.2, 0.25) is 0 Å². The minimum absolute atomic E-state index is 0.437. The number of nitrogens with zero attached hydrogens (tertiary/aromatic N) is 3. The van der Waals surface area contributed by atoms with Crippen LogP contribution in [0, 0.1) is 13.8 Å². The van der Waals surface area contributed by atoms with E-state index in [1.54, 1.807) is 19.2 Å². The number of carbonyl (C=O) groups excluding carboxylic acids is 1. The first kappa shape index (κ1) is 19.5. The normalized spacial score (nSPS) is 15.8. The predicted octanol–water partition coefficient (Wildman–Crippen LogP) is 4.28. The SMILES string of the molecule is COc1ccc([C@@H]2Nc3ccccc3C(=O)N2O)cc1Cn1nc(C)c(Br)c1C. The van der Waals surface area contributed by atoms with Gasteiger partial charge in [0.15, 0.2) is 6.17 Å². The largest absolute Gasteiger partial charge is 0.496 e. The van der Waals surface area contributed by atoms with Gasteiger partial charge in [-0.05, 0) is 59.6 Å². The number of carbonyl (C=O) groups is 1. The molecule has 1 aliphatic heterocycles. The molecule has 2 heterocycles. The van der Waals surface area contributed by atoms with Crippen molar-refractivity contribution in [3.05, 3.63) is 75.0 Å². The first-order valence-corrected chi connectivity index (χ1v) is 9.94. The molecular formula is C21H21BrN4O3. The molecule has 29 heavy (non-hydrogen) atoms. The molecule has 0 saturated heterocycles. The molecule has 0 aliphatic carbocycles. The zero-order valence-electron chi connectivity index (χ0n) is 16.3. The van der Waals surface area contributed by atoms with Crippen LogP contribution in [0.15, 0.2) is 46.9 Å². The van der Waals surface area contributed by atoms with Crippen LogP contribution in [-0.2, 0) is 6.54 Å². The fraction of sp³-hybridized carbons (Fsp3) is 0.238. The van der Waals surface area contributed by atoms with Crippen molar-refractivity contribution >= 4 is 27.5 Å². The van der Waals surface area contributed by atoms with Gasteiger partial charge in [0.2, 0.25) is 0 Å². The number of halogens is 1. The Balaban J connectivity index is 1.71. The van der Waals surface area contributed by atoms with Gasteiger partial charge in [-0.3, -0.25) is 14.7 Å². The van der Waals surface area contributed by atoms with Crippen molar-refractivity contribution in [2.24, 2.45) is 0 Å². The van der Waals surface area contributed by atoms with E-state index in [0.29, 0.717) is 23.5 Å². The highest BCUT2D eigenvalue weighted by Gasteiger charge is 2.32. The molecular weight excluding hydrogens is 436 g/mol. The Morgan fingerprint density at radius 3 is 2.69 bits per heavy atom. The van der Waals surface area contributed by atoms with E-state index in [4.69, 9.17) is 4.74 Å². The van der Waals surface area contributed by atoms with Crippen molar-refractivity contribution in [2.45, 2.75) is 26.6 Å². The molecule has 7 nitrogen and oxygen atoms in total. The van der Waals surface area contributed by atoms with Crippen LogP contribution >= 0.6 is 15.9 Å². The molecule has 0 fully saturated rings. The number of rotatable bonds is 4. The van der Waals surface area contributed by atoms with Gasteiger partial charge < -0.3 is 10.1 Å². The van der Waals surface area contributed by atoms with Crippen LogP contribution in [0.25, 0.3) is 0 Å². The van der Waals surface area contributed by atoms with E-state index in [1.807, 2.05) is 48.9 Å². The van der Waals surface area contributed by atoms with Crippen molar-refractivity contribution in [1.82, 2.24) is 14.8 Å². The van der Waals surface area contributed by atoms with Gasteiger partial charge in [-0.15, -0.1) is 0 Å². The molecule has 8 heteroatoms. The highest BCUT2D eigenvalue weighted by atomic mass is 79.9. The van der Waals surface area contributed by atoms with Gasteiger partial charge in [-0.2, -0.15) is 10.2 Å². The molecule has 4 rings (SSSR count). The Morgan fingerprint density at radius 2 is 2.00 bits per heavy atom. The van der Waals surface area contributed by atoms with Crippen molar-refractivity contribution < 1.29 is 14.7 Å². The quantitative estimate of drug-likeness (QED) is 0.572. The molecule has 150 valence electrons. The van der Waals surface area contributed by atoms with Gasteiger partial charge >= 0.3 is 0 Å². The van der Waals surface area contributed by atoms with Crippen LogP contribution in [0.3, 0.4) is 0 Å². The number of hydrogen-bond donors (Lipinski definition) is 2. The summed E-state index contributed by atoms with van der Waals surface area (Å²) < 4.78 is 8.40. The highest BCUT2D eigenvalue weighted by molar-refractivity contribution is 9.10. The molecule has 3 aromatic rings. The zero-order chi connectivity index (χ0) is 20.7. The summed E-state index contributed by atoms with van der Waals surface area (Å²) in [4.78, 5) is 12.6. The third-order valence-corrected chi connectivity index (χ3v) is 6.28. The molecule has 1 atom stereocenters. The molecule has 1 aliphatic rings. The molecule has 0 saturated carbocycles. The number of amides is 1. The average molecular weight is 457 g/mol. The van der Waals surface area contributed by atoms with Gasteiger partial charge in [-0.1, -0.05) is 18.2 Å². The Labute approximate surface area is 177 Å². The summed E-state index contributed by atoms with van der Waals surface area (Å²) in [6, 6.07) is 12.7. The molecule has 2 aromatic carbocycles. The lowest BCUT2D eigenvalue weighted by molar-refractivity contribution is -0.0851. The lowest BCUT2D eigenvalue weighted by atomic mass is 10.0. The summed E-state index contributed by atoms with van der Waals surface area (Å²) in [7, 11) is 1.62. The van der Waals surface area contributed by atoms with Crippen molar-refractivity contribution in [1.29, 1.82) is 0 Å². The van der Waals surface area contributed by atoms with Gasteiger partial charge in [0.1, 0.15) is 5.75 Å². The Bertz CT molecular complexity index is 1100. The first-order chi connectivity index (χ1) is 13.9. The van der Waals surface area contributed by atoms with Crippen LogP contribution in [0.5, 0.6) is 5.75 Å². The number of aryl methyl sites for hydroxylation is 1. The number of aromatic nitrogens is 2. The van der Waals surface area contributed by atoms with Gasteiger partial charge in [0, 0.05) is 11.3 Å². The van der Waals surface area contributed by atoms with Crippen LogP contribution in [-0.4, -0.2) is 33.1 Å². The van der Waals surface area contributed by atoms with Crippen LogP contribution < -0.4 is 10.1 Å². The number of anilines is 1. The number of nitrogens with one attached hydrogen (secondary N) is 1. The smallest absolute Gasteiger partial charge is 0.281 e. The van der Waals surface area contributed by atoms with E-state index >= 15 is 0 Å². The summed E-state index contributed by atoms with van der Waals surface area (Å²) in [6.45, 7) is 4.44. The summed E-state index contributed by atoms with van der Waals surface area (Å²) in [5.74, 6) is 0.272. The number of methoxy groups -OCH3 is 1. The summed E-state index contributed by atoms with van der Waals surface area (Å²) in [5.41, 5.74) is 4.69. The maximum absolute atomic E-state index is 12.6. The van der Waals surface area contributed by atoms with Crippen molar-refractivity contribution in [3.8, 4) is 5.75 Å². The monoisotopic (exact) mass is 456 g/mol. The first-order valence-electron chi connectivity index (χ1n) is 9.15. The van der Waals surface area contributed by atoms with E-state index < -0.39 is 12.1 Å². The number of para-hydroxylation sites is 1. The second kappa shape index (κ2) is 7.53. The Morgan fingerprint density at radius 1 is 1.24 bits per heavy atom. The molecule has 2 N–H and O–H groups in total. The predicted molar refractivity (Wildman–Crippen MR) is 112 cm³/mol. The third-order valence-electron chi connectivity index (χ3n) is 5.14. The van der Waals surface area contributed by atoms with Crippen molar-refractivity contribution in [3.63, 3.8) is 0 Å². The number of benzene rings is 2. The summed E-state index contributed by atoms with van der Waals surface area (Å²) in [5, 5.41) is 19.0. The lowest BCUT2D eigenvalue weighted by Crippen LogP contribution is -2.40. The molecule has 0 bridgehead atoms. The molecule has 1 amide bonds. The number of hydroxylamine groups is 2. The summed E-state index contributed by atoms with van der Waals surface area (Å²) in [6.07, 6.45) is -0.700. The molecule has 0 unspecified atom stereocenters.